The lowest BCUT2D eigenvalue weighted by Gasteiger charge is -2.16. The molecule has 0 aliphatic carbocycles. The van der Waals surface area contributed by atoms with E-state index in [-0.39, 0.29) is 30.1 Å². The molecule has 0 amide bonds. The molecule has 0 saturated heterocycles. The van der Waals surface area contributed by atoms with Gasteiger partial charge in [0.2, 0.25) is 0 Å². The quantitative estimate of drug-likeness (QED) is 0.246. The first-order valence-corrected chi connectivity index (χ1v) is 11.1. The number of carbonyl (C=O) groups is 1. The molecule has 30 heavy (non-hydrogen) atoms. The number of ether oxygens (including phenoxy) is 1. The van der Waals surface area contributed by atoms with Gasteiger partial charge in [-0.05, 0) is 47.9 Å². The summed E-state index contributed by atoms with van der Waals surface area (Å²) in [5.74, 6) is -0.651. The van der Waals surface area contributed by atoms with Crippen molar-refractivity contribution in [1.29, 1.82) is 0 Å². The van der Waals surface area contributed by atoms with E-state index in [2.05, 4.69) is 4.84 Å². The highest BCUT2D eigenvalue weighted by Crippen LogP contribution is 2.31. The third-order valence-corrected chi connectivity index (χ3v) is 5.46. The molecule has 0 N–H and O–H groups in total. The third kappa shape index (κ3) is 6.30. The van der Waals surface area contributed by atoms with Crippen molar-refractivity contribution in [1.82, 2.24) is 0 Å². The van der Waals surface area contributed by atoms with Crippen molar-refractivity contribution in [2.45, 2.75) is 18.2 Å². The Kier molecular flexibility index (Phi) is 7.96. The highest BCUT2D eigenvalue weighted by atomic mass is 35.5. The largest absolute Gasteiger partial charge is 0.463 e. The molecule has 2 aromatic rings. The van der Waals surface area contributed by atoms with E-state index in [1.807, 2.05) is 0 Å². The van der Waals surface area contributed by atoms with E-state index in [0.29, 0.717) is 21.7 Å². The van der Waals surface area contributed by atoms with Crippen LogP contribution in [-0.4, -0.2) is 38.9 Å². The monoisotopic (exact) mass is 453 g/mol. The zero-order chi connectivity index (χ0) is 22.3. The number of halogens is 1. The van der Waals surface area contributed by atoms with Crippen molar-refractivity contribution < 1.29 is 27.9 Å². The summed E-state index contributed by atoms with van der Waals surface area (Å²) >= 11 is 5.97. The summed E-state index contributed by atoms with van der Waals surface area (Å²) in [5.41, 5.74) is 1.75. The van der Waals surface area contributed by atoms with Gasteiger partial charge in [-0.2, -0.15) is 0 Å². The number of carbonyl (C=O) groups excluding carboxylic acids is 1. The van der Waals surface area contributed by atoms with Gasteiger partial charge in [-0.15, -0.1) is 10.1 Å². The van der Waals surface area contributed by atoms with Crippen molar-refractivity contribution in [3.63, 3.8) is 0 Å². The number of hydrogen-bond donors (Lipinski definition) is 0. The van der Waals surface area contributed by atoms with E-state index in [0.717, 1.165) is 6.26 Å². The maximum atomic E-state index is 12.7. The predicted octanol–water partition coefficient (Wildman–Crippen LogP) is 3.71. The fraction of sp³-hybridized carbons (Fsp3) is 0.250. The van der Waals surface area contributed by atoms with Gasteiger partial charge in [-0.3, -0.25) is 0 Å². The zero-order valence-electron chi connectivity index (χ0n) is 16.3. The van der Waals surface area contributed by atoms with Crippen LogP contribution in [0.5, 0.6) is 0 Å². The van der Waals surface area contributed by atoms with E-state index in [4.69, 9.17) is 16.3 Å². The van der Waals surface area contributed by atoms with Crippen LogP contribution >= 0.6 is 11.6 Å². The average Bonchev–Trinajstić information content (AvgIpc) is 2.68. The number of hydrogen-bond acceptors (Lipinski definition) is 7. The normalized spacial score (nSPS) is 12.1. The lowest BCUT2D eigenvalue weighted by molar-refractivity contribution is -0.757. The Morgan fingerprint density at radius 3 is 2.07 bits per heavy atom. The molecule has 2 rings (SSSR count). The summed E-state index contributed by atoms with van der Waals surface area (Å²) in [5, 5.41) is 10.1. The fourth-order valence-corrected chi connectivity index (χ4v) is 3.53. The second-order valence-electron chi connectivity index (χ2n) is 6.18. The van der Waals surface area contributed by atoms with Gasteiger partial charge in [0.15, 0.2) is 9.84 Å². The summed E-state index contributed by atoms with van der Waals surface area (Å²) in [6.45, 7) is 1.41. The lowest BCUT2D eigenvalue weighted by Crippen LogP contribution is -2.14. The van der Waals surface area contributed by atoms with Gasteiger partial charge in [0.25, 0.3) is 5.09 Å². The number of benzene rings is 2. The minimum atomic E-state index is -3.40. The maximum absolute atomic E-state index is 12.7. The van der Waals surface area contributed by atoms with E-state index in [1.54, 1.807) is 43.3 Å². The van der Waals surface area contributed by atoms with Crippen LogP contribution < -0.4 is 0 Å². The fourth-order valence-electron chi connectivity index (χ4n) is 2.77. The minimum absolute atomic E-state index is 0.0917. The lowest BCUT2D eigenvalue weighted by atomic mass is 9.91. The van der Waals surface area contributed by atoms with Crippen LogP contribution in [0.25, 0.3) is 5.57 Å². The first-order chi connectivity index (χ1) is 14.1. The Hall–Kier alpha value is -2.91. The number of nitrogens with zero attached hydrogens (tertiary/aromatic N) is 1. The van der Waals surface area contributed by atoms with Crippen LogP contribution in [0.2, 0.25) is 5.02 Å². The molecule has 0 spiro atoms. The predicted molar refractivity (Wildman–Crippen MR) is 111 cm³/mol. The molecule has 0 aliphatic rings. The summed E-state index contributed by atoms with van der Waals surface area (Å²) in [4.78, 5) is 27.7. The van der Waals surface area contributed by atoms with E-state index < -0.39 is 20.9 Å². The highest BCUT2D eigenvalue weighted by molar-refractivity contribution is 7.90. The molecule has 0 bridgehead atoms. The van der Waals surface area contributed by atoms with Crippen molar-refractivity contribution in [3.05, 3.63) is 80.4 Å². The van der Waals surface area contributed by atoms with Crippen LogP contribution in [0.1, 0.15) is 24.5 Å². The topological polar surface area (TPSA) is 113 Å². The smallest absolute Gasteiger partial charge is 0.334 e. The standard InChI is InChI=1S/C20H20ClNO7S/c1-3-28-20(23)18(12-13-29-22(24)25)19(14-4-8-16(21)9-5-14)15-6-10-17(11-7-15)30(2,26)27/h4-11H,3,12-13H2,1-2H3/b19-18+. The van der Waals surface area contributed by atoms with Gasteiger partial charge in [-0.25, -0.2) is 13.2 Å². The molecule has 0 unspecified atom stereocenters. The van der Waals surface area contributed by atoms with Crippen LogP contribution in [0, 0.1) is 10.1 Å². The van der Waals surface area contributed by atoms with Crippen molar-refractivity contribution in [2.75, 3.05) is 19.5 Å². The Bertz CT molecular complexity index is 1050. The summed E-state index contributed by atoms with van der Waals surface area (Å²) in [6, 6.07) is 12.6. The van der Waals surface area contributed by atoms with E-state index in [9.17, 15) is 23.3 Å². The summed E-state index contributed by atoms with van der Waals surface area (Å²) in [6.07, 6.45) is 1.00. The highest BCUT2D eigenvalue weighted by Gasteiger charge is 2.21. The van der Waals surface area contributed by atoms with Crippen molar-refractivity contribution in [2.24, 2.45) is 0 Å². The summed E-state index contributed by atoms with van der Waals surface area (Å²) in [7, 11) is -3.40. The van der Waals surface area contributed by atoms with Gasteiger partial charge >= 0.3 is 5.97 Å². The van der Waals surface area contributed by atoms with Crippen molar-refractivity contribution in [3.8, 4) is 0 Å². The van der Waals surface area contributed by atoms with Crippen LogP contribution in [-0.2, 0) is 24.2 Å². The second-order valence-corrected chi connectivity index (χ2v) is 8.64. The minimum Gasteiger partial charge on any atom is -0.463 e. The Morgan fingerprint density at radius 1 is 1.07 bits per heavy atom. The zero-order valence-corrected chi connectivity index (χ0v) is 17.9. The molecular weight excluding hydrogens is 434 g/mol. The maximum Gasteiger partial charge on any atom is 0.334 e. The average molecular weight is 454 g/mol. The Labute approximate surface area is 179 Å². The van der Waals surface area contributed by atoms with Gasteiger partial charge < -0.3 is 9.57 Å². The van der Waals surface area contributed by atoms with Gasteiger partial charge in [0.05, 0.1) is 11.5 Å². The van der Waals surface area contributed by atoms with Crippen molar-refractivity contribution >= 4 is 33.0 Å². The molecular formula is C20H20ClNO7S. The van der Waals surface area contributed by atoms with Gasteiger partial charge in [-0.1, -0.05) is 35.9 Å². The Morgan fingerprint density at radius 2 is 1.60 bits per heavy atom. The Balaban J connectivity index is 2.67. The van der Waals surface area contributed by atoms with Crippen LogP contribution in [0.15, 0.2) is 59.0 Å². The molecule has 0 heterocycles. The molecule has 0 radical (unpaired) electrons. The molecule has 0 fully saturated rings. The number of esters is 1. The van der Waals surface area contributed by atoms with Crippen LogP contribution in [0.3, 0.4) is 0 Å². The molecule has 0 saturated carbocycles. The molecule has 0 aliphatic heterocycles. The molecule has 0 atom stereocenters. The molecule has 10 heteroatoms. The first kappa shape index (κ1) is 23.4. The molecule has 160 valence electrons. The van der Waals surface area contributed by atoms with Gasteiger partial charge in [0.1, 0.15) is 6.61 Å². The number of sulfone groups is 1. The summed E-state index contributed by atoms with van der Waals surface area (Å²) < 4.78 is 28.7. The van der Waals surface area contributed by atoms with E-state index >= 15 is 0 Å². The molecule has 8 nitrogen and oxygen atoms in total. The van der Waals surface area contributed by atoms with E-state index in [1.165, 1.54) is 12.1 Å². The molecule has 2 aromatic carbocycles. The first-order valence-electron chi connectivity index (χ1n) is 8.87. The van der Waals surface area contributed by atoms with Gasteiger partial charge in [0, 0.05) is 23.3 Å². The second kappa shape index (κ2) is 10.2. The number of rotatable bonds is 9. The molecule has 0 aromatic heterocycles. The third-order valence-electron chi connectivity index (χ3n) is 4.08. The SMILES string of the molecule is CCOC(=O)/C(CCO[N+](=O)[O-])=C(\c1ccc(Cl)cc1)c1ccc(S(C)(=O)=O)cc1. The van der Waals surface area contributed by atoms with Crippen LogP contribution in [0.4, 0.5) is 0 Å².